The first-order chi connectivity index (χ1) is 13.2. The van der Waals surface area contributed by atoms with Crippen molar-refractivity contribution in [3.05, 3.63) is 65.7 Å². The van der Waals surface area contributed by atoms with Crippen molar-refractivity contribution in [2.24, 2.45) is 5.92 Å². The summed E-state index contributed by atoms with van der Waals surface area (Å²) in [6.07, 6.45) is 0.281. The van der Waals surface area contributed by atoms with Crippen LogP contribution in [0, 0.1) is 5.92 Å². The summed E-state index contributed by atoms with van der Waals surface area (Å²) in [5.74, 6) is -0.273. The molecular weight excluding hydrogens is 412 g/mol. The van der Waals surface area contributed by atoms with E-state index >= 15 is 0 Å². The summed E-state index contributed by atoms with van der Waals surface area (Å²) in [6.45, 7) is 1.01. The summed E-state index contributed by atoms with van der Waals surface area (Å²) < 4.78 is 27.4. The predicted octanol–water partition coefficient (Wildman–Crippen LogP) is 2.42. The van der Waals surface area contributed by atoms with Crippen LogP contribution in [0.15, 0.2) is 54.6 Å². The molecule has 1 aliphatic rings. The number of aromatic hydroxyl groups is 1. The molecular formula is C21H29ClN2O4S. The van der Waals surface area contributed by atoms with Crippen LogP contribution in [0.25, 0.3) is 0 Å². The number of piperidine rings is 1. The van der Waals surface area contributed by atoms with Gasteiger partial charge in [0.1, 0.15) is 5.75 Å². The molecule has 1 saturated heterocycles. The minimum atomic E-state index is -3.49. The molecule has 0 aliphatic carbocycles. The van der Waals surface area contributed by atoms with E-state index in [1.807, 2.05) is 49.3 Å². The topological polar surface area (TPSA) is 81.1 Å². The molecule has 6 nitrogen and oxygen atoms in total. The number of hydrogen-bond donors (Lipinski definition) is 2. The molecule has 29 heavy (non-hydrogen) atoms. The van der Waals surface area contributed by atoms with E-state index in [-0.39, 0.29) is 49.3 Å². The van der Waals surface area contributed by atoms with Gasteiger partial charge in [-0.25, -0.2) is 12.7 Å². The van der Waals surface area contributed by atoms with Gasteiger partial charge in [0.05, 0.1) is 11.4 Å². The first kappa shape index (κ1) is 23.6. The van der Waals surface area contributed by atoms with Crippen LogP contribution in [0.4, 0.5) is 0 Å². The molecule has 0 amide bonds. The van der Waals surface area contributed by atoms with E-state index in [1.54, 1.807) is 24.3 Å². The molecule has 2 aromatic rings. The lowest BCUT2D eigenvalue weighted by Crippen LogP contribution is -2.54. The second-order valence-corrected chi connectivity index (χ2v) is 9.75. The van der Waals surface area contributed by atoms with Crippen LogP contribution in [0.5, 0.6) is 5.75 Å². The van der Waals surface area contributed by atoms with E-state index in [0.29, 0.717) is 12.1 Å². The molecule has 0 spiro atoms. The molecule has 0 saturated carbocycles. The first-order valence-electron chi connectivity index (χ1n) is 9.39. The highest BCUT2D eigenvalue weighted by Gasteiger charge is 2.45. The van der Waals surface area contributed by atoms with E-state index < -0.39 is 15.6 Å². The summed E-state index contributed by atoms with van der Waals surface area (Å²) in [6, 6.07) is 15.8. The van der Waals surface area contributed by atoms with Crippen molar-refractivity contribution in [1.82, 2.24) is 9.21 Å². The SMILES string of the molecule is CN(C)C[C@H]1CN(S(=O)(=O)Cc2ccccc2)CC[C@]1(O)c1cccc(O)c1.Cl. The fraction of sp³-hybridized carbons (Fsp3) is 0.429. The van der Waals surface area contributed by atoms with Gasteiger partial charge in [-0.3, -0.25) is 0 Å². The van der Waals surface area contributed by atoms with Crippen molar-refractivity contribution in [1.29, 1.82) is 0 Å². The van der Waals surface area contributed by atoms with Gasteiger partial charge in [-0.05, 0) is 43.8 Å². The summed E-state index contributed by atoms with van der Waals surface area (Å²) in [5, 5.41) is 21.3. The number of rotatable bonds is 6. The molecule has 3 rings (SSSR count). The third-order valence-corrected chi connectivity index (χ3v) is 7.18. The fourth-order valence-corrected chi connectivity index (χ4v) is 5.49. The van der Waals surface area contributed by atoms with Crippen LogP contribution in [0.1, 0.15) is 17.5 Å². The average Bonchev–Trinajstić information content (AvgIpc) is 2.63. The van der Waals surface area contributed by atoms with Gasteiger partial charge in [-0.1, -0.05) is 42.5 Å². The van der Waals surface area contributed by atoms with Gasteiger partial charge in [-0.15, -0.1) is 12.4 Å². The second kappa shape index (κ2) is 9.45. The lowest BCUT2D eigenvalue weighted by Gasteiger charge is -2.45. The van der Waals surface area contributed by atoms with Crippen LogP contribution in [-0.2, 0) is 21.4 Å². The summed E-state index contributed by atoms with van der Waals surface area (Å²) in [7, 11) is 0.315. The zero-order valence-electron chi connectivity index (χ0n) is 16.7. The Morgan fingerprint density at radius 3 is 2.45 bits per heavy atom. The van der Waals surface area contributed by atoms with E-state index in [2.05, 4.69) is 0 Å². The molecule has 0 aromatic heterocycles. The van der Waals surface area contributed by atoms with E-state index in [0.717, 1.165) is 5.56 Å². The number of benzene rings is 2. The van der Waals surface area contributed by atoms with Gasteiger partial charge in [0.25, 0.3) is 0 Å². The quantitative estimate of drug-likeness (QED) is 0.721. The number of phenols is 1. The molecule has 2 N–H and O–H groups in total. The summed E-state index contributed by atoms with van der Waals surface area (Å²) in [4.78, 5) is 1.95. The van der Waals surface area contributed by atoms with Crippen LogP contribution in [0.2, 0.25) is 0 Å². The fourth-order valence-electron chi connectivity index (χ4n) is 3.92. The van der Waals surface area contributed by atoms with Crippen LogP contribution in [0.3, 0.4) is 0 Å². The van der Waals surface area contributed by atoms with Gasteiger partial charge >= 0.3 is 0 Å². The van der Waals surface area contributed by atoms with E-state index in [4.69, 9.17) is 0 Å². The van der Waals surface area contributed by atoms with E-state index in [1.165, 1.54) is 4.31 Å². The van der Waals surface area contributed by atoms with Gasteiger partial charge in [-0.2, -0.15) is 0 Å². The lowest BCUT2D eigenvalue weighted by atomic mass is 9.76. The monoisotopic (exact) mass is 440 g/mol. The molecule has 8 heteroatoms. The third kappa shape index (κ3) is 5.49. The number of nitrogens with zero attached hydrogens (tertiary/aromatic N) is 2. The molecule has 2 aromatic carbocycles. The van der Waals surface area contributed by atoms with Crippen molar-refractivity contribution in [3.8, 4) is 5.75 Å². The highest BCUT2D eigenvalue weighted by atomic mass is 35.5. The van der Waals surface area contributed by atoms with Crippen LogP contribution in [-0.4, -0.2) is 61.6 Å². The maximum Gasteiger partial charge on any atom is 0.218 e. The minimum absolute atomic E-state index is 0. The highest BCUT2D eigenvalue weighted by molar-refractivity contribution is 7.88. The molecule has 0 radical (unpaired) electrons. The standard InChI is InChI=1S/C21H28N2O4S.ClH/c1-22(2)14-19-15-23(28(26,27)16-17-7-4-3-5-8-17)12-11-21(19,25)18-9-6-10-20(24)13-18;/h3-10,13,19,24-25H,11-12,14-16H2,1-2H3;1H/t19-,21-;/m0./s1. The number of sulfonamides is 1. The largest absolute Gasteiger partial charge is 0.508 e. The summed E-state index contributed by atoms with van der Waals surface area (Å²) >= 11 is 0. The molecule has 0 unspecified atom stereocenters. The Morgan fingerprint density at radius 1 is 1.14 bits per heavy atom. The van der Waals surface area contributed by atoms with E-state index in [9.17, 15) is 18.6 Å². The zero-order valence-corrected chi connectivity index (χ0v) is 18.4. The van der Waals surface area contributed by atoms with Crippen molar-refractivity contribution in [3.63, 3.8) is 0 Å². The zero-order chi connectivity index (χ0) is 20.4. The average molecular weight is 441 g/mol. The smallest absolute Gasteiger partial charge is 0.218 e. The normalized spacial score (nSPS) is 23.0. The van der Waals surface area contributed by atoms with Crippen molar-refractivity contribution < 1.29 is 18.6 Å². The predicted molar refractivity (Wildman–Crippen MR) is 117 cm³/mol. The molecule has 0 bridgehead atoms. The number of aliphatic hydroxyl groups is 1. The maximum absolute atomic E-state index is 13.0. The maximum atomic E-state index is 13.0. The van der Waals surface area contributed by atoms with Gasteiger partial charge in [0.2, 0.25) is 10.0 Å². The Balaban J connectivity index is 0.00000300. The summed E-state index contributed by atoms with van der Waals surface area (Å²) in [5.41, 5.74) is 0.182. The Hall–Kier alpha value is -1.64. The molecule has 2 atom stereocenters. The number of phenolic OH excluding ortho intramolecular Hbond substituents is 1. The Labute approximate surface area is 179 Å². The minimum Gasteiger partial charge on any atom is -0.508 e. The molecule has 1 fully saturated rings. The molecule has 1 heterocycles. The van der Waals surface area contributed by atoms with Crippen molar-refractivity contribution >= 4 is 22.4 Å². The van der Waals surface area contributed by atoms with Gasteiger partial charge < -0.3 is 15.1 Å². The Bertz CT molecular complexity index is 908. The Morgan fingerprint density at radius 2 is 1.83 bits per heavy atom. The van der Waals surface area contributed by atoms with Crippen LogP contribution >= 0.6 is 12.4 Å². The number of halogens is 1. The van der Waals surface area contributed by atoms with Gasteiger partial charge in [0, 0.05) is 25.6 Å². The second-order valence-electron chi connectivity index (χ2n) is 7.78. The lowest BCUT2D eigenvalue weighted by molar-refractivity contribution is -0.0699. The first-order valence-corrected chi connectivity index (χ1v) is 11.0. The molecule has 1 aliphatic heterocycles. The van der Waals surface area contributed by atoms with Crippen LogP contribution < -0.4 is 0 Å². The van der Waals surface area contributed by atoms with Crippen molar-refractivity contribution in [2.45, 2.75) is 17.8 Å². The van der Waals surface area contributed by atoms with Gasteiger partial charge in [0.15, 0.2) is 0 Å². The third-order valence-electron chi connectivity index (χ3n) is 5.36. The van der Waals surface area contributed by atoms with Crippen molar-refractivity contribution in [2.75, 3.05) is 33.7 Å². The Kier molecular flexibility index (Phi) is 7.70. The molecule has 160 valence electrons. The number of hydrogen-bond acceptors (Lipinski definition) is 5. The highest BCUT2D eigenvalue weighted by Crippen LogP contribution is 2.39.